The van der Waals surface area contributed by atoms with Crippen LogP contribution in [0.3, 0.4) is 0 Å². The third-order valence-corrected chi connectivity index (χ3v) is 4.89. The van der Waals surface area contributed by atoms with Crippen LogP contribution in [0.15, 0.2) is 35.1 Å². The van der Waals surface area contributed by atoms with Crippen molar-refractivity contribution in [3.8, 4) is 11.5 Å². The van der Waals surface area contributed by atoms with Gasteiger partial charge in [0.05, 0.1) is 19.1 Å². The molecule has 0 amide bonds. The lowest BCUT2D eigenvalue weighted by Crippen LogP contribution is -2.29. The summed E-state index contributed by atoms with van der Waals surface area (Å²) in [6.45, 7) is 6.24. The van der Waals surface area contributed by atoms with Crippen LogP contribution in [0.2, 0.25) is 0 Å². The van der Waals surface area contributed by atoms with Gasteiger partial charge in [0.1, 0.15) is 11.5 Å². The van der Waals surface area contributed by atoms with Gasteiger partial charge in [-0.25, -0.2) is 0 Å². The van der Waals surface area contributed by atoms with Gasteiger partial charge < -0.3 is 19.5 Å². The van der Waals surface area contributed by atoms with Gasteiger partial charge in [0.2, 0.25) is 0 Å². The Bertz CT molecular complexity index is 868. The monoisotopic (exact) mass is 387 g/mol. The van der Waals surface area contributed by atoms with Crippen molar-refractivity contribution in [1.82, 2.24) is 4.57 Å². The van der Waals surface area contributed by atoms with Crippen LogP contribution >= 0.6 is 0 Å². The smallest absolute Gasteiger partial charge is 0.306 e. The Labute approximate surface area is 165 Å². The lowest BCUT2D eigenvalue weighted by atomic mass is 9.87. The van der Waals surface area contributed by atoms with Gasteiger partial charge in [0.25, 0.3) is 5.56 Å². The topological polar surface area (TPSA) is 88.8 Å². The molecule has 2 N–H and O–H groups in total. The number of carbonyl (C=O) groups excluding carboxylic acids is 1. The molecule has 2 rings (SSSR count). The molecule has 2 aromatic rings. The number of ether oxygens (including phenoxy) is 1. The summed E-state index contributed by atoms with van der Waals surface area (Å²) in [5, 5.41) is 19.9. The maximum absolute atomic E-state index is 13.2. The maximum Gasteiger partial charge on any atom is 0.306 e. The van der Waals surface area contributed by atoms with Crippen LogP contribution in [0.25, 0.3) is 0 Å². The van der Waals surface area contributed by atoms with Gasteiger partial charge in [0, 0.05) is 18.2 Å². The Morgan fingerprint density at radius 2 is 1.82 bits per heavy atom. The number of aryl methyl sites for hydroxylation is 2. The molecular formula is C22H29NO5. The number of hydrogen-bond donors (Lipinski definition) is 2. The lowest BCUT2D eigenvalue weighted by Gasteiger charge is -2.21. The zero-order valence-corrected chi connectivity index (χ0v) is 16.9. The number of pyridine rings is 1. The first-order valence-corrected chi connectivity index (χ1v) is 9.51. The molecule has 0 radical (unpaired) electrons. The zero-order chi connectivity index (χ0) is 20.8. The molecular weight excluding hydrogens is 358 g/mol. The van der Waals surface area contributed by atoms with Crippen molar-refractivity contribution < 1.29 is 19.7 Å². The van der Waals surface area contributed by atoms with E-state index in [2.05, 4.69) is 0 Å². The normalized spacial score (nSPS) is 12.2. The van der Waals surface area contributed by atoms with Crippen LogP contribution in [-0.2, 0) is 22.5 Å². The molecule has 0 aliphatic rings. The minimum absolute atomic E-state index is 0.0541. The predicted molar refractivity (Wildman–Crippen MR) is 108 cm³/mol. The van der Waals surface area contributed by atoms with Gasteiger partial charge in [-0.2, -0.15) is 0 Å². The first kappa shape index (κ1) is 21.5. The highest BCUT2D eigenvalue weighted by molar-refractivity contribution is 5.70. The summed E-state index contributed by atoms with van der Waals surface area (Å²) >= 11 is 0. The average Bonchev–Trinajstić information content (AvgIpc) is 2.62. The number of phenolic OH excluding ortho intramolecular Hbond substituents is 1. The van der Waals surface area contributed by atoms with Gasteiger partial charge in [-0.1, -0.05) is 26.0 Å². The van der Waals surface area contributed by atoms with E-state index in [-0.39, 0.29) is 35.0 Å². The quantitative estimate of drug-likeness (QED) is 0.677. The number of carbonyl (C=O) groups is 1. The van der Waals surface area contributed by atoms with E-state index in [1.165, 1.54) is 7.11 Å². The number of methoxy groups -OCH3 is 1. The first-order chi connectivity index (χ1) is 13.2. The van der Waals surface area contributed by atoms with Gasteiger partial charge >= 0.3 is 5.97 Å². The van der Waals surface area contributed by atoms with E-state index in [1.807, 2.05) is 26.0 Å². The number of hydrogen-bond acceptors (Lipinski definition) is 5. The number of aromatic nitrogens is 1. The number of benzene rings is 1. The van der Waals surface area contributed by atoms with Crippen molar-refractivity contribution in [1.29, 1.82) is 0 Å². The van der Waals surface area contributed by atoms with E-state index in [0.29, 0.717) is 25.1 Å². The number of aromatic hydroxyl groups is 2. The van der Waals surface area contributed by atoms with E-state index in [4.69, 9.17) is 4.74 Å². The van der Waals surface area contributed by atoms with Crippen LogP contribution in [0, 0.1) is 12.8 Å². The van der Waals surface area contributed by atoms with E-state index in [9.17, 15) is 19.8 Å². The highest BCUT2D eigenvalue weighted by Crippen LogP contribution is 2.31. The number of nitrogens with zero attached hydrogens (tertiary/aromatic N) is 1. The van der Waals surface area contributed by atoms with E-state index >= 15 is 0 Å². The minimum Gasteiger partial charge on any atom is -0.508 e. The Morgan fingerprint density at radius 3 is 2.39 bits per heavy atom. The van der Waals surface area contributed by atoms with Crippen LogP contribution < -0.4 is 5.56 Å². The van der Waals surface area contributed by atoms with Crippen LogP contribution in [0.5, 0.6) is 11.5 Å². The number of rotatable bonds is 8. The Balaban J connectivity index is 2.38. The van der Waals surface area contributed by atoms with Crippen molar-refractivity contribution >= 4 is 5.97 Å². The Hall–Kier alpha value is -2.76. The fourth-order valence-corrected chi connectivity index (χ4v) is 3.49. The van der Waals surface area contributed by atoms with E-state index < -0.39 is 11.9 Å². The fraction of sp³-hybridized carbons (Fsp3) is 0.455. The molecule has 6 heteroatoms. The van der Waals surface area contributed by atoms with Gasteiger partial charge in [-0.3, -0.25) is 9.59 Å². The predicted octanol–water partition coefficient (Wildman–Crippen LogP) is 3.50. The number of phenols is 1. The molecule has 6 nitrogen and oxygen atoms in total. The molecule has 1 heterocycles. The maximum atomic E-state index is 13.2. The third kappa shape index (κ3) is 5.38. The summed E-state index contributed by atoms with van der Waals surface area (Å²) in [6, 6.07) is 8.44. The summed E-state index contributed by atoms with van der Waals surface area (Å²) in [5.41, 5.74) is 1.65. The molecule has 1 atom stereocenters. The van der Waals surface area contributed by atoms with Crippen LogP contribution in [0.4, 0.5) is 0 Å². The summed E-state index contributed by atoms with van der Waals surface area (Å²) in [7, 11) is 1.32. The molecule has 0 bridgehead atoms. The Kier molecular flexibility index (Phi) is 7.26. The molecule has 0 saturated carbocycles. The lowest BCUT2D eigenvalue weighted by molar-refractivity contribution is -0.141. The van der Waals surface area contributed by atoms with Gasteiger partial charge in [0.15, 0.2) is 0 Å². The molecule has 0 fully saturated rings. The van der Waals surface area contributed by atoms with Crippen molar-refractivity contribution in [3.05, 3.63) is 57.5 Å². The molecule has 0 aliphatic heterocycles. The highest BCUT2D eigenvalue weighted by Gasteiger charge is 2.25. The van der Waals surface area contributed by atoms with Crippen LogP contribution in [-0.4, -0.2) is 27.9 Å². The van der Waals surface area contributed by atoms with Crippen molar-refractivity contribution in [2.45, 2.75) is 52.5 Å². The highest BCUT2D eigenvalue weighted by atomic mass is 16.5. The van der Waals surface area contributed by atoms with E-state index in [1.54, 1.807) is 29.7 Å². The molecule has 28 heavy (non-hydrogen) atoms. The van der Waals surface area contributed by atoms with Crippen molar-refractivity contribution in [2.24, 2.45) is 5.92 Å². The number of esters is 1. The standard InChI is InChI=1S/C22H29NO5/c1-14(2)11-17(13-20(26)28-4)21-19(25)12-15(3)23(22(21)27)10-9-16-5-7-18(24)8-6-16/h5-8,12,14,17,24-25H,9-11,13H2,1-4H3. The average molecular weight is 387 g/mol. The van der Waals surface area contributed by atoms with E-state index in [0.717, 1.165) is 5.56 Å². The van der Waals surface area contributed by atoms with Gasteiger partial charge in [-0.05, 0) is 49.4 Å². The van der Waals surface area contributed by atoms with Crippen molar-refractivity contribution in [2.75, 3.05) is 7.11 Å². The molecule has 152 valence electrons. The summed E-state index contributed by atoms with van der Waals surface area (Å²) in [5.74, 6) is -0.428. The fourth-order valence-electron chi connectivity index (χ4n) is 3.49. The minimum atomic E-state index is -0.402. The summed E-state index contributed by atoms with van der Waals surface area (Å²) < 4.78 is 6.41. The second kappa shape index (κ2) is 9.44. The second-order valence-corrected chi connectivity index (χ2v) is 7.56. The molecule has 1 unspecified atom stereocenters. The van der Waals surface area contributed by atoms with Crippen molar-refractivity contribution in [3.63, 3.8) is 0 Å². The molecule has 0 spiro atoms. The SMILES string of the molecule is COC(=O)CC(CC(C)C)c1c(O)cc(C)n(CCc2ccc(O)cc2)c1=O. The summed E-state index contributed by atoms with van der Waals surface area (Å²) in [4.78, 5) is 25.0. The second-order valence-electron chi connectivity index (χ2n) is 7.56. The molecule has 1 aromatic carbocycles. The largest absolute Gasteiger partial charge is 0.508 e. The Morgan fingerprint density at radius 1 is 1.18 bits per heavy atom. The summed E-state index contributed by atoms with van der Waals surface area (Å²) in [6.07, 6.45) is 1.26. The molecule has 0 aliphatic carbocycles. The third-order valence-electron chi connectivity index (χ3n) is 4.89. The molecule has 1 aromatic heterocycles. The van der Waals surface area contributed by atoms with Crippen LogP contribution in [0.1, 0.15) is 49.4 Å². The first-order valence-electron chi connectivity index (χ1n) is 9.51. The van der Waals surface area contributed by atoms with Gasteiger partial charge in [-0.15, -0.1) is 0 Å². The zero-order valence-electron chi connectivity index (χ0n) is 16.9. The molecule has 0 saturated heterocycles.